The molecule has 0 radical (unpaired) electrons. The van der Waals surface area contributed by atoms with E-state index in [1.807, 2.05) is 19.1 Å². The number of carbonyl (C=O) groups is 1. The number of epoxide rings is 1. The summed E-state index contributed by atoms with van der Waals surface area (Å²) in [6.45, 7) is 3.31. The summed E-state index contributed by atoms with van der Waals surface area (Å²) in [6, 6.07) is 5.49. The number of benzene rings is 1. The van der Waals surface area contributed by atoms with Crippen molar-refractivity contribution in [2.75, 3.05) is 13.2 Å². The van der Waals surface area contributed by atoms with E-state index in [9.17, 15) is 4.79 Å². The number of hydrogen-bond acceptors (Lipinski definition) is 3. The summed E-state index contributed by atoms with van der Waals surface area (Å²) in [5, 5.41) is 0. The van der Waals surface area contributed by atoms with Crippen molar-refractivity contribution in [2.24, 2.45) is 0 Å². The van der Waals surface area contributed by atoms with Gasteiger partial charge in [-0.3, -0.25) is 4.79 Å². The maximum atomic E-state index is 11.2. The van der Waals surface area contributed by atoms with Crippen molar-refractivity contribution in [3.8, 4) is 5.75 Å². The molecule has 1 saturated heterocycles. The Hall–Kier alpha value is -0.620. The molecule has 1 atom stereocenters. The highest BCUT2D eigenvalue weighted by molar-refractivity contribution is 14.1. The molecule has 0 N–H and O–H groups in total. The number of rotatable bonds is 4. The molecule has 15 heavy (non-hydrogen) atoms. The maximum absolute atomic E-state index is 11.2. The van der Waals surface area contributed by atoms with E-state index in [1.165, 1.54) is 0 Å². The second-order valence-electron chi connectivity index (χ2n) is 3.52. The fourth-order valence-electron chi connectivity index (χ4n) is 1.22. The first-order valence-electron chi connectivity index (χ1n) is 4.71. The van der Waals surface area contributed by atoms with Crippen LogP contribution in [0.3, 0.4) is 0 Å². The van der Waals surface area contributed by atoms with E-state index in [0.29, 0.717) is 12.2 Å². The standard InChI is InChI=1S/C11H11IO3/c1-7-2-3-8(11(12)13)4-10(7)15-6-9-5-14-9/h2-4,9H,5-6H2,1H3. The molecule has 1 fully saturated rings. The Morgan fingerprint density at radius 2 is 2.40 bits per heavy atom. The Kier molecular flexibility index (Phi) is 3.25. The smallest absolute Gasteiger partial charge is 0.222 e. The van der Waals surface area contributed by atoms with Crippen LogP contribution in [-0.4, -0.2) is 23.1 Å². The lowest BCUT2D eigenvalue weighted by Crippen LogP contribution is -2.05. The first-order chi connectivity index (χ1) is 7.16. The Bertz CT molecular complexity index is 385. The van der Waals surface area contributed by atoms with E-state index < -0.39 is 0 Å². The lowest BCUT2D eigenvalue weighted by atomic mass is 10.1. The molecule has 80 valence electrons. The van der Waals surface area contributed by atoms with Gasteiger partial charge in [-0.2, -0.15) is 0 Å². The van der Waals surface area contributed by atoms with Crippen LogP contribution in [0, 0.1) is 6.92 Å². The van der Waals surface area contributed by atoms with Gasteiger partial charge in [-0.25, -0.2) is 0 Å². The zero-order chi connectivity index (χ0) is 10.8. The van der Waals surface area contributed by atoms with Gasteiger partial charge in [0.2, 0.25) is 3.79 Å². The molecule has 2 rings (SSSR count). The van der Waals surface area contributed by atoms with Crippen LogP contribution in [0.25, 0.3) is 0 Å². The molecule has 1 heterocycles. The van der Waals surface area contributed by atoms with Crippen molar-refractivity contribution >= 4 is 26.4 Å². The average molecular weight is 318 g/mol. The van der Waals surface area contributed by atoms with Crippen LogP contribution >= 0.6 is 22.6 Å². The fraction of sp³-hybridized carbons (Fsp3) is 0.364. The molecule has 1 aliphatic rings. The lowest BCUT2D eigenvalue weighted by molar-refractivity contribution is 0.110. The van der Waals surface area contributed by atoms with Gasteiger partial charge in [0.25, 0.3) is 0 Å². The first kappa shape index (κ1) is 10.9. The van der Waals surface area contributed by atoms with Crippen LogP contribution < -0.4 is 4.74 Å². The van der Waals surface area contributed by atoms with Crippen molar-refractivity contribution in [2.45, 2.75) is 13.0 Å². The van der Waals surface area contributed by atoms with Crippen LogP contribution in [0.15, 0.2) is 18.2 Å². The normalized spacial score (nSPS) is 18.7. The Labute approximate surface area is 102 Å². The number of aryl methyl sites for hydroxylation is 1. The quantitative estimate of drug-likeness (QED) is 0.486. The minimum absolute atomic E-state index is 0.0279. The number of halogens is 1. The molecule has 4 heteroatoms. The highest BCUT2D eigenvalue weighted by atomic mass is 127. The van der Waals surface area contributed by atoms with Gasteiger partial charge in [0.1, 0.15) is 18.5 Å². The molecule has 1 aromatic carbocycles. The highest BCUT2D eigenvalue weighted by Crippen LogP contribution is 2.22. The molecule has 0 saturated carbocycles. The summed E-state index contributed by atoms with van der Waals surface area (Å²) in [4.78, 5) is 11.2. The van der Waals surface area contributed by atoms with Gasteiger partial charge in [0.05, 0.1) is 6.61 Å². The summed E-state index contributed by atoms with van der Waals surface area (Å²) in [7, 11) is 0. The van der Waals surface area contributed by atoms with Crippen molar-refractivity contribution in [1.29, 1.82) is 0 Å². The van der Waals surface area contributed by atoms with E-state index >= 15 is 0 Å². The summed E-state index contributed by atoms with van der Waals surface area (Å²) < 4.78 is 10.7. The van der Waals surface area contributed by atoms with Crippen molar-refractivity contribution in [3.63, 3.8) is 0 Å². The second-order valence-corrected chi connectivity index (χ2v) is 4.50. The van der Waals surface area contributed by atoms with Gasteiger partial charge < -0.3 is 9.47 Å². The lowest BCUT2D eigenvalue weighted by Gasteiger charge is -2.08. The van der Waals surface area contributed by atoms with Crippen LogP contribution in [0.5, 0.6) is 5.75 Å². The van der Waals surface area contributed by atoms with E-state index in [4.69, 9.17) is 9.47 Å². The molecule has 1 aromatic rings. The van der Waals surface area contributed by atoms with Gasteiger partial charge in [-0.1, -0.05) is 12.1 Å². The Morgan fingerprint density at radius 3 is 3.00 bits per heavy atom. The van der Waals surface area contributed by atoms with Gasteiger partial charge in [-0.15, -0.1) is 0 Å². The molecule has 1 unspecified atom stereocenters. The van der Waals surface area contributed by atoms with Crippen LogP contribution in [0.1, 0.15) is 15.9 Å². The number of hydrogen-bond donors (Lipinski definition) is 0. The Balaban J connectivity index is 2.12. The molecule has 1 aliphatic heterocycles. The van der Waals surface area contributed by atoms with Crippen molar-refractivity contribution in [3.05, 3.63) is 29.3 Å². The zero-order valence-electron chi connectivity index (χ0n) is 8.33. The van der Waals surface area contributed by atoms with E-state index in [2.05, 4.69) is 0 Å². The third-order valence-corrected chi connectivity index (χ3v) is 2.87. The number of carbonyl (C=O) groups excluding carboxylic acids is 1. The third-order valence-electron chi connectivity index (χ3n) is 2.24. The van der Waals surface area contributed by atoms with Gasteiger partial charge >= 0.3 is 0 Å². The van der Waals surface area contributed by atoms with Crippen LogP contribution in [0.4, 0.5) is 0 Å². The van der Waals surface area contributed by atoms with E-state index in [0.717, 1.165) is 17.9 Å². The van der Waals surface area contributed by atoms with Crippen molar-refractivity contribution in [1.82, 2.24) is 0 Å². The minimum atomic E-state index is 0.0279. The zero-order valence-corrected chi connectivity index (χ0v) is 10.5. The topological polar surface area (TPSA) is 38.8 Å². The Morgan fingerprint density at radius 1 is 1.67 bits per heavy atom. The van der Waals surface area contributed by atoms with Crippen LogP contribution in [0.2, 0.25) is 0 Å². The third kappa shape index (κ3) is 2.92. The molecule has 0 aromatic heterocycles. The minimum Gasteiger partial charge on any atom is -0.490 e. The average Bonchev–Trinajstić information content (AvgIpc) is 3.00. The summed E-state index contributed by atoms with van der Waals surface area (Å²) in [5.41, 5.74) is 1.71. The monoisotopic (exact) mass is 318 g/mol. The highest BCUT2D eigenvalue weighted by Gasteiger charge is 2.23. The summed E-state index contributed by atoms with van der Waals surface area (Å²) in [6.07, 6.45) is 0.239. The van der Waals surface area contributed by atoms with Crippen LogP contribution in [-0.2, 0) is 4.74 Å². The SMILES string of the molecule is Cc1ccc(C(=O)I)cc1OCC1CO1. The maximum Gasteiger partial charge on any atom is 0.222 e. The molecule has 0 spiro atoms. The van der Waals surface area contributed by atoms with E-state index in [1.54, 1.807) is 28.7 Å². The molecule has 3 nitrogen and oxygen atoms in total. The molecular formula is C11H11IO3. The van der Waals surface area contributed by atoms with Gasteiger partial charge in [-0.05, 0) is 18.6 Å². The molecule has 0 amide bonds. The number of ether oxygens (including phenoxy) is 2. The molecular weight excluding hydrogens is 307 g/mol. The van der Waals surface area contributed by atoms with Gasteiger partial charge in [0.15, 0.2) is 0 Å². The summed E-state index contributed by atoms with van der Waals surface area (Å²) in [5.74, 6) is 0.771. The molecule has 0 aliphatic carbocycles. The predicted molar refractivity (Wildman–Crippen MR) is 64.8 cm³/mol. The molecule has 0 bridgehead atoms. The second kappa shape index (κ2) is 4.49. The fourth-order valence-corrected chi connectivity index (χ4v) is 1.56. The van der Waals surface area contributed by atoms with E-state index in [-0.39, 0.29) is 9.89 Å². The first-order valence-corrected chi connectivity index (χ1v) is 5.79. The summed E-state index contributed by atoms with van der Waals surface area (Å²) >= 11 is 1.77. The largest absolute Gasteiger partial charge is 0.490 e. The van der Waals surface area contributed by atoms with Gasteiger partial charge in [0, 0.05) is 28.2 Å². The predicted octanol–water partition coefficient (Wildman–Crippen LogP) is 2.35. The van der Waals surface area contributed by atoms with Crippen molar-refractivity contribution < 1.29 is 14.3 Å².